The van der Waals surface area contributed by atoms with Gasteiger partial charge >= 0.3 is 0 Å². The van der Waals surface area contributed by atoms with Crippen molar-refractivity contribution in [1.82, 2.24) is 10.2 Å². The first-order valence-corrected chi connectivity index (χ1v) is 7.76. The van der Waals surface area contributed by atoms with E-state index >= 15 is 0 Å². The lowest BCUT2D eigenvalue weighted by atomic mass is 10.1. The van der Waals surface area contributed by atoms with Gasteiger partial charge in [0.15, 0.2) is 0 Å². The first-order valence-electron chi connectivity index (χ1n) is 7.76. The third-order valence-corrected chi connectivity index (χ3v) is 4.52. The van der Waals surface area contributed by atoms with Crippen LogP contribution in [-0.4, -0.2) is 43.7 Å². The van der Waals surface area contributed by atoms with Crippen molar-refractivity contribution in [2.75, 3.05) is 37.6 Å². The van der Waals surface area contributed by atoms with Crippen LogP contribution in [0.25, 0.3) is 0 Å². The van der Waals surface area contributed by atoms with Crippen molar-refractivity contribution in [2.45, 2.75) is 32.4 Å². The molecule has 3 rings (SSSR count). The van der Waals surface area contributed by atoms with Crippen molar-refractivity contribution in [1.29, 1.82) is 0 Å². The molecule has 20 heavy (non-hydrogen) atoms. The molecule has 0 saturated carbocycles. The van der Waals surface area contributed by atoms with Gasteiger partial charge in [0.25, 0.3) is 0 Å². The normalized spacial score (nSPS) is 23.1. The minimum atomic E-state index is -0.0770. The molecule has 2 fully saturated rings. The molecule has 1 aromatic rings. The summed E-state index contributed by atoms with van der Waals surface area (Å²) in [6.45, 7) is 7.93. The van der Waals surface area contributed by atoms with Crippen molar-refractivity contribution in [3.8, 4) is 0 Å². The van der Waals surface area contributed by atoms with Gasteiger partial charge in [0.05, 0.1) is 5.69 Å². The number of halogens is 1. The van der Waals surface area contributed by atoms with Crippen LogP contribution in [0.5, 0.6) is 0 Å². The SMILES string of the molecule is CCNCc1ccc(N2CCN3CCCC3C2)c(F)c1. The Balaban J connectivity index is 1.70. The molecule has 2 saturated heterocycles. The number of piperazine rings is 1. The molecule has 0 spiro atoms. The second kappa shape index (κ2) is 6.10. The maximum absolute atomic E-state index is 14.3. The maximum atomic E-state index is 14.3. The fourth-order valence-electron chi connectivity index (χ4n) is 3.40. The van der Waals surface area contributed by atoms with Crippen LogP contribution in [0, 0.1) is 5.82 Å². The van der Waals surface area contributed by atoms with Gasteiger partial charge in [-0.25, -0.2) is 4.39 Å². The molecular weight excluding hydrogens is 253 g/mol. The van der Waals surface area contributed by atoms with E-state index in [0.717, 1.165) is 44.0 Å². The van der Waals surface area contributed by atoms with Crippen LogP contribution in [0.4, 0.5) is 10.1 Å². The average molecular weight is 277 g/mol. The predicted octanol–water partition coefficient (Wildman–Crippen LogP) is 2.22. The molecule has 1 aromatic carbocycles. The van der Waals surface area contributed by atoms with Gasteiger partial charge < -0.3 is 10.2 Å². The van der Waals surface area contributed by atoms with E-state index in [1.165, 1.54) is 19.4 Å². The molecule has 2 heterocycles. The third-order valence-electron chi connectivity index (χ3n) is 4.52. The van der Waals surface area contributed by atoms with Crippen molar-refractivity contribution in [3.05, 3.63) is 29.6 Å². The van der Waals surface area contributed by atoms with Gasteiger partial charge in [0.1, 0.15) is 5.82 Å². The largest absolute Gasteiger partial charge is 0.366 e. The van der Waals surface area contributed by atoms with Crippen molar-refractivity contribution in [3.63, 3.8) is 0 Å². The summed E-state index contributed by atoms with van der Waals surface area (Å²) in [5, 5.41) is 3.23. The molecule has 1 N–H and O–H groups in total. The summed E-state index contributed by atoms with van der Waals surface area (Å²) >= 11 is 0. The summed E-state index contributed by atoms with van der Waals surface area (Å²) in [5.74, 6) is -0.0770. The summed E-state index contributed by atoms with van der Waals surface area (Å²) in [4.78, 5) is 4.77. The molecule has 2 aliphatic rings. The maximum Gasteiger partial charge on any atom is 0.146 e. The minimum Gasteiger partial charge on any atom is -0.366 e. The van der Waals surface area contributed by atoms with Crippen LogP contribution in [0.2, 0.25) is 0 Å². The quantitative estimate of drug-likeness (QED) is 0.910. The predicted molar refractivity (Wildman–Crippen MR) is 80.6 cm³/mol. The second-order valence-electron chi connectivity index (χ2n) is 5.84. The highest BCUT2D eigenvalue weighted by molar-refractivity contribution is 5.50. The van der Waals surface area contributed by atoms with Crippen LogP contribution < -0.4 is 10.2 Å². The van der Waals surface area contributed by atoms with Crippen molar-refractivity contribution < 1.29 is 4.39 Å². The zero-order valence-corrected chi connectivity index (χ0v) is 12.2. The summed E-state index contributed by atoms with van der Waals surface area (Å²) in [6.07, 6.45) is 2.55. The van der Waals surface area contributed by atoms with Crippen LogP contribution in [-0.2, 0) is 6.54 Å². The number of benzene rings is 1. The Bertz CT molecular complexity index is 463. The zero-order chi connectivity index (χ0) is 13.9. The van der Waals surface area contributed by atoms with Gasteiger partial charge in [-0.3, -0.25) is 4.90 Å². The van der Waals surface area contributed by atoms with Gasteiger partial charge in [-0.2, -0.15) is 0 Å². The zero-order valence-electron chi connectivity index (χ0n) is 12.2. The van der Waals surface area contributed by atoms with Gasteiger partial charge in [-0.1, -0.05) is 13.0 Å². The van der Waals surface area contributed by atoms with E-state index in [1.54, 1.807) is 6.07 Å². The molecule has 0 radical (unpaired) electrons. The van der Waals surface area contributed by atoms with Crippen LogP contribution in [0.1, 0.15) is 25.3 Å². The first-order chi connectivity index (χ1) is 9.78. The average Bonchev–Trinajstić information content (AvgIpc) is 2.92. The molecule has 110 valence electrons. The van der Waals surface area contributed by atoms with Crippen LogP contribution >= 0.6 is 0 Å². The lowest BCUT2D eigenvalue weighted by Crippen LogP contribution is -2.50. The van der Waals surface area contributed by atoms with E-state index in [-0.39, 0.29) is 5.82 Å². The number of hydrogen-bond donors (Lipinski definition) is 1. The van der Waals surface area contributed by atoms with E-state index < -0.39 is 0 Å². The molecule has 0 bridgehead atoms. The third kappa shape index (κ3) is 2.81. The number of anilines is 1. The Labute approximate surface area is 120 Å². The summed E-state index contributed by atoms with van der Waals surface area (Å²) < 4.78 is 14.3. The van der Waals surface area contributed by atoms with Gasteiger partial charge in [-0.15, -0.1) is 0 Å². The van der Waals surface area contributed by atoms with E-state index in [4.69, 9.17) is 0 Å². The highest BCUT2D eigenvalue weighted by Gasteiger charge is 2.31. The lowest BCUT2D eigenvalue weighted by molar-refractivity contribution is 0.230. The monoisotopic (exact) mass is 277 g/mol. The molecule has 0 aliphatic carbocycles. The molecule has 2 aliphatic heterocycles. The Morgan fingerprint density at radius 1 is 1.30 bits per heavy atom. The van der Waals surface area contributed by atoms with Crippen molar-refractivity contribution >= 4 is 5.69 Å². The number of fused-ring (bicyclic) bond motifs is 1. The van der Waals surface area contributed by atoms with Gasteiger partial charge in [0, 0.05) is 32.2 Å². The minimum absolute atomic E-state index is 0.0770. The Kier molecular flexibility index (Phi) is 4.22. The Morgan fingerprint density at radius 2 is 2.20 bits per heavy atom. The van der Waals surface area contributed by atoms with E-state index in [9.17, 15) is 4.39 Å². The standard InChI is InChI=1S/C16H24FN3/c1-2-18-11-13-5-6-16(15(17)10-13)20-9-8-19-7-3-4-14(19)12-20/h5-6,10,14,18H,2-4,7-9,11-12H2,1H3. The number of nitrogens with one attached hydrogen (secondary N) is 1. The number of rotatable bonds is 4. The molecule has 3 nitrogen and oxygen atoms in total. The first kappa shape index (κ1) is 13.8. The highest BCUT2D eigenvalue weighted by atomic mass is 19.1. The molecule has 4 heteroatoms. The van der Waals surface area contributed by atoms with E-state index in [1.807, 2.05) is 12.1 Å². The lowest BCUT2D eigenvalue weighted by Gasteiger charge is -2.39. The summed E-state index contributed by atoms with van der Waals surface area (Å²) in [6, 6.07) is 6.30. The molecule has 0 aromatic heterocycles. The number of hydrogen-bond acceptors (Lipinski definition) is 3. The smallest absolute Gasteiger partial charge is 0.146 e. The van der Waals surface area contributed by atoms with Crippen molar-refractivity contribution in [2.24, 2.45) is 0 Å². The fraction of sp³-hybridized carbons (Fsp3) is 0.625. The molecule has 1 unspecified atom stereocenters. The highest BCUT2D eigenvalue weighted by Crippen LogP contribution is 2.27. The van der Waals surface area contributed by atoms with E-state index in [0.29, 0.717) is 6.04 Å². The molecule has 0 amide bonds. The molecule has 1 atom stereocenters. The number of nitrogens with zero attached hydrogens (tertiary/aromatic N) is 2. The van der Waals surface area contributed by atoms with Gasteiger partial charge in [0.2, 0.25) is 0 Å². The van der Waals surface area contributed by atoms with E-state index in [2.05, 4.69) is 22.0 Å². The fourth-order valence-corrected chi connectivity index (χ4v) is 3.40. The summed E-state index contributed by atoms with van der Waals surface area (Å²) in [5.41, 5.74) is 1.80. The van der Waals surface area contributed by atoms with Crippen LogP contribution in [0.15, 0.2) is 18.2 Å². The Hall–Kier alpha value is -1.13. The topological polar surface area (TPSA) is 18.5 Å². The van der Waals surface area contributed by atoms with Crippen LogP contribution in [0.3, 0.4) is 0 Å². The second-order valence-corrected chi connectivity index (χ2v) is 5.84. The summed E-state index contributed by atoms with van der Waals surface area (Å²) in [7, 11) is 0. The Morgan fingerprint density at radius 3 is 3.00 bits per heavy atom. The van der Waals surface area contributed by atoms with Gasteiger partial charge in [-0.05, 0) is 43.6 Å². The molecular formula is C16H24FN3.